The first kappa shape index (κ1) is 9.77. The molecule has 1 aliphatic rings. The Balaban J connectivity index is 2.50. The van der Waals surface area contributed by atoms with Crippen LogP contribution in [-0.2, 0) is 5.54 Å². The van der Waals surface area contributed by atoms with Gasteiger partial charge in [-0.05, 0) is 12.1 Å². The molecular weight excluding hydrogens is 202 g/mol. The zero-order valence-corrected chi connectivity index (χ0v) is 8.42. The second-order valence-corrected chi connectivity index (χ2v) is 3.99. The van der Waals surface area contributed by atoms with E-state index in [-0.39, 0.29) is 6.61 Å². The van der Waals surface area contributed by atoms with Crippen LogP contribution in [0.4, 0.5) is 0 Å². The predicted octanol–water partition coefficient (Wildman–Crippen LogP) is 1.27. The highest BCUT2D eigenvalue weighted by molar-refractivity contribution is 6.30. The molecule has 0 aromatic heterocycles. The van der Waals surface area contributed by atoms with Crippen LogP contribution in [0.15, 0.2) is 18.2 Å². The molecule has 1 aliphatic heterocycles. The van der Waals surface area contributed by atoms with Crippen LogP contribution >= 0.6 is 11.6 Å². The monoisotopic (exact) mass is 213 g/mol. The Morgan fingerprint density at radius 1 is 1.57 bits per heavy atom. The van der Waals surface area contributed by atoms with Gasteiger partial charge in [-0.2, -0.15) is 0 Å². The first-order chi connectivity index (χ1) is 6.65. The molecule has 3 nitrogen and oxygen atoms in total. The lowest BCUT2D eigenvalue weighted by molar-refractivity contribution is 0.138. The van der Waals surface area contributed by atoms with Crippen LogP contribution < -0.4 is 10.5 Å². The molecule has 0 bridgehead atoms. The zero-order valence-electron chi connectivity index (χ0n) is 7.66. The fraction of sp³-hybridized carbons (Fsp3) is 0.400. The maximum absolute atomic E-state index is 9.25. The van der Waals surface area contributed by atoms with Crippen molar-refractivity contribution < 1.29 is 9.84 Å². The van der Waals surface area contributed by atoms with E-state index in [9.17, 15) is 5.11 Å². The molecule has 1 heterocycles. The summed E-state index contributed by atoms with van der Waals surface area (Å²) < 4.78 is 5.43. The summed E-state index contributed by atoms with van der Waals surface area (Å²) in [5.41, 5.74) is 6.19. The van der Waals surface area contributed by atoms with Gasteiger partial charge in [-0.1, -0.05) is 17.7 Å². The van der Waals surface area contributed by atoms with Crippen LogP contribution in [0.25, 0.3) is 0 Å². The Kier molecular flexibility index (Phi) is 2.39. The lowest BCUT2D eigenvalue weighted by Crippen LogP contribution is -2.44. The molecule has 1 aromatic carbocycles. The quantitative estimate of drug-likeness (QED) is 0.739. The van der Waals surface area contributed by atoms with E-state index in [1.165, 1.54) is 0 Å². The van der Waals surface area contributed by atoms with E-state index in [2.05, 4.69) is 0 Å². The molecule has 1 aromatic rings. The van der Waals surface area contributed by atoms with Crippen molar-refractivity contribution in [1.29, 1.82) is 0 Å². The molecule has 0 spiro atoms. The third-order valence-electron chi connectivity index (χ3n) is 2.57. The van der Waals surface area contributed by atoms with Crippen LogP contribution in [0.5, 0.6) is 5.75 Å². The van der Waals surface area contributed by atoms with Gasteiger partial charge in [0, 0.05) is 17.0 Å². The number of hydrogen-bond donors (Lipinski definition) is 2. The lowest BCUT2D eigenvalue weighted by Gasteiger charge is -2.33. The van der Waals surface area contributed by atoms with E-state index in [0.717, 1.165) is 5.56 Å². The Labute approximate surface area is 87.4 Å². The summed E-state index contributed by atoms with van der Waals surface area (Å²) in [4.78, 5) is 0. The van der Waals surface area contributed by atoms with E-state index in [0.29, 0.717) is 23.8 Å². The zero-order chi connectivity index (χ0) is 10.2. The van der Waals surface area contributed by atoms with Crippen molar-refractivity contribution in [2.45, 2.75) is 12.0 Å². The highest BCUT2D eigenvalue weighted by Crippen LogP contribution is 2.36. The maximum Gasteiger partial charge on any atom is 0.125 e. The van der Waals surface area contributed by atoms with Gasteiger partial charge in [-0.25, -0.2) is 0 Å². The molecule has 2 rings (SSSR count). The number of ether oxygens (including phenoxy) is 1. The summed E-state index contributed by atoms with van der Waals surface area (Å²) in [7, 11) is 0. The number of halogens is 1. The van der Waals surface area contributed by atoms with Crippen LogP contribution in [0.2, 0.25) is 5.02 Å². The van der Waals surface area contributed by atoms with E-state index in [1.807, 2.05) is 6.07 Å². The molecule has 3 N–H and O–H groups in total. The number of rotatable bonds is 1. The van der Waals surface area contributed by atoms with Crippen molar-refractivity contribution in [3.63, 3.8) is 0 Å². The Hall–Kier alpha value is -0.770. The fourth-order valence-corrected chi connectivity index (χ4v) is 1.83. The summed E-state index contributed by atoms with van der Waals surface area (Å²) in [6, 6.07) is 5.30. The smallest absolute Gasteiger partial charge is 0.125 e. The molecule has 76 valence electrons. The number of aliphatic hydroxyl groups is 1. The van der Waals surface area contributed by atoms with Crippen molar-refractivity contribution in [3.8, 4) is 5.75 Å². The van der Waals surface area contributed by atoms with Gasteiger partial charge < -0.3 is 15.6 Å². The van der Waals surface area contributed by atoms with Gasteiger partial charge in [0.1, 0.15) is 5.75 Å². The number of benzene rings is 1. The molecule has 0 fully saturated rings. The van der Waals surface area contributed by atoms with Gasteiger partial charge in [0.05, 0.1) is 18.8 Å². The second kappa shape index (κ2) is 3.42. The molecule has 14 heavy (non-hydrogen) atoms. The summed E-state index contributed by atoms with van der Waals surface area (Å²) in [6.07, 6.45) is 0.623. The lowest BCUT2D eigenvalue weighted by atomic mass is 9.86. The minimum absolute atomic E-state index is 0.0784. The average molecular weight is 214 g/mol. The van der Waals surface area contributed by atoms with E-state index in [4.69, 9.17) is 22.1 Å². The number of aliphatic hydroxyl groups excluding tert-OH is 1. The highest BCUT2D eigenvalue weighted by atomic mass is 35.5. The summed E-state index contributed by atoms with van der Waals surface area (Å²) in [5, 5.41) is 9.87. The van der Waals surface area contributed by atoms with Crippen molar-refractivity contribution in [2.24, 2.45) is 5.73 Å². The Morgan fingerprint density at radius 2 is 2.36 bits per heavy atom. The molecule has 0 unspecified atom stereocenters. The standard InChI is InChI=1S/C10H12ClNO2/c11-7-1-2-8-9(5-7)14-4-3-10(8,12)6-13/h1-2,5,13H,3-4,6,12H2/t10-/m1/s1. The fourth-order valence-electron chi connectivity index (χ4n) is 1.67. The van der Waals surface area contributed by atoms with Crippen molar-refractivity contribution >= 4 is 11.6 Å². The molecule has 0 aliphatic carbocycles. The SMILES string of the molecule is N[C@@]1(CO)CCOc2cc(Cl)ccc21. The molecule has 4 heteroatoms. The molecule has 0 saturated carbocycles. The third kappa shape index (κ3) is 1.47. The largest absolute Gasteiger partial charge is 0.493 e. The van der Waals surface area contributed by atoms with E-state index >= 15 is 0 Å². The Bertz CT molecular complexity index is 356. The minimum Gasteiger partial charge on any atom is -0.493 e. The van der Waals surface area contributed by atoms with Gasteiger partial charge in [0.25, 0.3) is 0 Å². The summed E-state index contributed by atoms with van der Waals surface area (Å²) in [5.74, 6) is 0.681. The summed E-state index contributed by atoms with van der Waals surface area (Å²) in [6.45, 7) is 0.440. The number of nitrogens with two attached hydrogens (primary N) is 1. The molecule has 0 amide bonds. The summed E-state index contributed by atoms with van der Waals surface area (Å²) >= 11 is 5.83. The average Bonchev–Trinajstić information content (AvgIpc) is 2.18. The van der Waals surface area contributed by atoms with E-state index < -0.39 is 5.54 Å². The minimum atomic E-state index is -0.682. The molecule has 0 saturated heterocycles. The number of fused-ring (bicyclic) bond motifs is 1. The van der Waals surface area contributed by atoms with Crippen LogP contribution in [0.1, 0.15) is 12.0 Å². The van der Waals surface area contributed by atoms with Gasteiger partial charge in [0.2, 0.25) is 0 Å². The van der Waals surface area contributed by atoms with E-state index in [1.54, 1.807) is 12.1 Å². The van der Waals surface area contributed by atoms with Crippen molar-refractivity contribution in [3.05, 3.63) is 28.8 Å². The van der Waals surface area contributed by atoms with Crippen LogP contribution in [0, 0.1) is 0 Å². The van der Waals surface area contributed by atoms with Gasteiger partial charge in [0.15, 0.2) is 0 Å². The van der Waals surface area contributed by atoms with Crippen molar-refractivity contribution in [2.75, 3.05) is 13.2 Å². The first-order valence-electron chi connectivity index (χ1n) is 4.48. The normalized spacial score (nSPS) is 25.4. The third-order valence-corrected chi connectivity index (χ3v) is 2.80. The first-order valence-corrected chi connectivity index (χ1v) is 4.86. The second-order valence-electron chi connectivity index (χ2n) is 3.55. The van der Waals surface area contributed by atoms with Gasteiger partial charge in [-0.15, -0.1) is 0 Å². The topological polar surface area (TPSA) is 55.5 Å². The number of hydrogen-bond acceptors (Lipinski definition) is 3. The van der Waals surface area contributed by atoms with Crippen molar-refractivity contribution in [1.82, 2.24) is 0 Å². The Morgan fingerprint density at radius 3 is 3.07 bits per heavy atom. The van der Waals surface area contributed by atoms with Gasteiger partial charge >= 0.3 is 0 Å². The van der Waals surface area contributed by atoms with Crippen LogP contribution in [-0.4, -0.2) is 18.3 Å². The predicted molar refractivity (Wildman–Crippen MR) is 54.5 cm³/mol. The maximum atomic E-state index is 9.25. The molecule has 0 radical (unpaired) electrons. The van der Waals surface area contributed by atoms with Crippen LogP contribution in [0.3, 0.4) is 0 Å². The molecular formula is C10H12ClNO2. The highest BCUT2D eigenvalue weighted by Gasteiger charge is 2.33. The van der Waals surface area contributed by atoms with Gasteiger partial charge in [-0.3, -0.25) is 0 Å². The molecule has 1 atom stereocenters.